The summed E-state index contributed by atoms with van der Waals surface area (Å²) in [7, 11) is 0. The Kier molecular flexibility index (Phi) is 3.69. The van der Waals surface area contributed by atoms with Gasteiger partial charge in [0.2, 0.25) is 0 Å². The number of carboxylic acid groups (broad SMARTS) is 1. The fourth-order valence-electron chi connectivity index (χ4n) is 1.68. The number of carboxylic acids is 1. The Balaban J connectivity index is 1.87. The van der Waals surface area contributed by atoms with Crippen LogP contribution >= 0.6 is 11.6 Å². The maximum atomic E-state index is 11.0. The summed E-state index contributed by atoms with van der Waals surface area (Å²) in [6, 6.07) is -0.107. The van der Waals surface area contributed by atoms with Gasteiger partial charge in [-0.05, 0) is 26.2 Å². The second-order valence-electron chi connectivity index (χ2n) is 4.45. The highest BCUT2D eigenvalue weighted by atomic mass is 35.5. The van der Waals surface area contributed by atoms with Crippen molar-refractivity contribution in [1.29, 1.82) is 0 Å². The van der Waals surface area contributed by atoms with Crippen LogP contribution in [0.4, 0.5) is 0 Å². The maximum absolute atomic E-state index is 11.0. The number of aliphatic carboxylic acids is 1. The molecule has 1 heterocycles. The average Bonchev–Trinajstić information content (AvgIpc) is 3.01. The van der Waals surface area contributed by atoms with Crippen molar-refractivity contribution in [3.8, 4) is 0 Å². The molecule has 17 heavy (non-hydrogen) atoms. The first-order valence-electron chi connectivity index (χ1n) is 5.74. The summed E-state index contributed by atoms with van der Waals surface area (Å²) < 4.78 is 1.70. The summed E-state index contributed by atoms with van der Waals surface area (Å²) in [5.74, 6) is -0.799. The van der Waals surface area contributed by atoms with Crippen molar-refractivity contribution in [3.63, 3.8) is 0 Å². The van der Waals surface area contributed by atoms with Crippen molar-refractivity contribution < 1.29 is 9.90 Å². The van der Waals surface area contributed by atoms with E-state index in [1.54, 1.807) is 10.9 Å². The Hall–Kier alpha value is -1.07. The summed E-state index contributed by atoms with van der Waals surface area (Å²) in [4.78, 5) is 11.0. The zero-order chi connectivity index (χ0) is 12.4. The SMILES string of the molecule is Cc1nn(CCC(NC2CC2)C(=O)O)cc1Cl. The lowest BCUT2D eigenvalue weighted by Gasteiger charge is -2.13. The van der Waals surface area contributed by atoms with Crippen molar-refractivity contribution in [1.82, 2.24) is 15.1 Å². The van der Waals surface area contributed by atoms with E-state index in [0.29, 0.717) is 24.0 Å². The third-order valence-electron chi connectivity index (χ3n) is 2.85. The quantitative estimate of drug-likeness (QED) is 0.809. The lowest BCUT2D eigenvalue weighted by Crippen LogP contribution is -2.38. The first kappa shape index (κ1) is 12.4. The molecule has 0 saturated heterocycles. The van der Waals surface area contributed by atoms with Gasteiger partial charge in [0.25, 0.3) is 0 Å². The lowest BCUT2D eigenvalue weighted by atomic mass is 10.2. The van der Waals surface area contributed by atoms with E-state index in [0.717, 1.165) is 18.5 Å². The largest absolute Gasteiger partial charge is 0.480 e. The summed E-state index contributed by atoms with van der Waals surface area (Å²) in [5.41, 5.74) is 0.772. The first-order chi connectivity index (χ1) is 8.06. The Morgan fingerprint density at radius 3 is 2.94 bits per heavy atom. The van der Waals surface area contributed by atoms with Gasteiger partial charge in [-0.1, -0.05) is 11.6 Å². The van der Waals surface area contributed by atoms with Crippen molar-refractivity contribution in [2.24, 2.45) is 0 Å². The van der Waals surface area contributed by atoms with Crippen molar-refractivity contribution in [2.75, 3.05) is 0 Å². The van der Waals surface area contributed by atoms with Gasteiger partial charge in [0, 0.05) is 18.8 Å². The first-order valence-corrected chi connectivity index (χ1v) is 6.12. The van der Waals surface area contributed by atoms with Gasteiger partial charge in [-0.15, -0.1) is 0 Å². The van der Waals surface area contributed by atoms with Gasteiger partial charge in [0.15, 0.2) is 0 Å². The van der Waals surface area contributed by atoms with Crippen LogP contribution in [-0.4, -0.2) is 32.9 Å². The molecule has 2 N–H and O–H groups in total. The molecule has 0 bridgehead atoms. The number of carbonyl (C=O) groups is 1. The van der Waals surface area contributed by atoms with Crippen LogP contribution in [0, 0.1) is 6.92 Å². The number of rotatable bonds is 6. The third-order valence-corrected chi connectivity index (χ3v) is 3.22. The van der Waals surface area contributed by atoms with Crippen LogP contribution in [-0.2, 0) is 11.3 Å². The number of hydrogen-bond acceptors (Lipinski definition) is 3. The van der Waals surface area contributed by atoms with E-state index in [-0.39, 0.29) is 0 Å². The number of nitrogens with zero attached hydrogens (tertiary/aromatic N) is 2. The summed E-state index contributed by atoms with van der Waals surface area (Å²) in [5, 5.41) is 17.0. The minimum atomic E-state index is -0.799. The molecule has 0 aromatic carbocycles. The Morgan fingerprint density at radius 2 is 2.47 bits per heavy atom. The van der Waals surface area contributed by atoms with E-state index >= 15 is 0 Å². The van der Waals surface area contributed by atoms with E-state index in [4.69, 9.17) is 16.7 Å². The molecule has 1 atom stereocenters. The highest BCUT2D eigenvalue weighted by molar-refractivity contribution is 6.31. The van der Waals surface area contributed by atoms with Crippen LogP contribution in [0.15, 0.2) is 6.20 Å². The molecule has 94 valence electrons. The van der Waals surface area contributed by atoms with Crippen LogP contribution in [0.25, 0.3) is 0 Å². The predicted molar refractivity (Wildman–Crippen MR) is 64.2 cm³/mol. The minimum absolute atomic E-state index is 0.388. The number of aryl methyl sites for hydroxylation is 2. The molecule has 1 saturated carbocycles. The molecule has 0 amide bonds. The Labute approximate surface area is 105 Å². The highest BCUT2D eigenvalue weighted by Gasteiger charge is 2.27. The van der Waals surface area contributed by atoms with Crippen LogP contribution in [0.3, 0.4) is 0 Å². The molecule has 1 aliphatic rings. The van der Waals surface area contributed by atoms with E-state index in [1.807, 2.05) is 6.92 Å². The zero-order valence-corrected chi connectivity index (χ0v) is 10.4. The van der Waals surface area contributed by atoms with Gasteiger partial charge in [-0.25, -0.2) is 0 Å². The average molecular weight is 258 g/mol. The molecule has 1 aromatic heterocycles. The van der Waals surface area contributed by atoms with Crippen LogP contribution < -0.4 is 5.32 Å². The smallest absolute Gasteiger partial charge is 0.320 e. The summed E-state index contributed by atoms with van der Waals surface area (Å²) in [6.07, 6.45) is 4.41. The van der Waals surface area contributed by atoms with Crippen molar-refractivity contribution in [3.05, 3.63) is 16.9 Å². The van der Waals surface area contributed by atoms with Gasteiger partial charge >= 0.3 is 5.97 Å². The second-order valence-corrected chi connectivity index (χ2v) is 4.85. The standard InChI is InChI=1S/C11H16ClN3O2/c1-7-9(12)6-15(14-7)5-4-10(11(16)17)13-8-2-3-8/h6,8,10,13H,2-5H2,1H3,(H,16,17). The number of hydrogen-bond donors (Lipinski definition) is 2. The fraction of sp³-hybridized carbons (Fsp3) is 0.636. The topological polar surface area (TPSA) is 67.2 Å². The lowest BCUT2D eigenvalue weighted by molar-refractivity contribution is -0.139. The molecule has 1 unspecified atom stereocenters. The van der Waals surface area contributed by atoms with Gasteiger partial charge in [-0.3, -0.25) is 9.48 Å². The minimum Gasteiger partial charge on any atom is -0.480 e. The zero-order valence-electron chi connectivity index (χ0n) is 9.69. The molecular weight excluding hydrogens is 242 g/mol. The van der Waals surface area contributed by atoms with E-state index in [9.17, 15) is 4.79 Å². The number of nitrogens with one attached hydrogen (secondary N) is 1. The van der Waals surface area contributed by atoms with Crippen molar-refractivity contribution >= 4 is 17.6 Å². The molecule has 1 aliphatic carbocycles. The molecule has 6 heteroatoms. The third kappa shape index (κ3) is 3.44. The van der Waals surface area contributed by atoms with Crippen molar-refractivity contribution in [2.45, 2.75) is 44.8 Å². The molecule has 0 spiro atoms. The number of aromatic nitrogens is 2. The molecule has 0 aliphatic heterocycles. The van der Waals surface area contributed by atoms with Crippen LogP contribution in [0.1, 0.15) is 25.0 Å². The summed E-state index contributed by atoms with van der Waals surface area (Å²) in [6.45, 7) is 2.39. The molecular formula is C11H16ClN3O2. The predicted octanol–water partition coefficient (Wildman–Crippen LogP) is 1.44. The van der Waals surface area contributed by atoms with E-state index in [2.05, 4.69) is 10.4 Å². The highest BCUT2D eigenvalue weighted by Crippen LogP contribution is 2.20. The monoisotopic (exact) mass is 257 g/mol. The normalized spacial score (nSPS) is 17.1. The molecule has 1 fully saturated rings. The molecule has 1 aromatic rings. The molecule has 2 rings (SSSR count). The second kappa shape index (κ2) is 5.06. The van der Waals surface area contributed by atoms with Crippen LogP contribution in [0.2, 0.25) is 5.02 Å². The maximum Gasteiger partial charge on any atom is 0.320 e. The Bertz CT molecular complexity index is 395. The Morgan fingerprint density at radius 1 is 1.76 bits per heavy atom. The van der Waals surface area contributed by atoms with Gasteiger partial charge in [-0.2, -0.15) is 5.10 Å². The van der Waals surface area contributed by atoms with Crippen LogP contribution in [0.5, 0.6) is 0 Å². The van der Waals surface area contributed by atoms with Gasteiger partial charge < -0.3 is 10.4 Å². The van der Waals surface area contributed by atoms with Gasteiger partial charge in [0.1, 0.15) is 6.04 Å². The molecule has 5 nitrogen and oxygen atoms in total. The summed E-state index contributed by atoms with van der Waals surface area (Å²) >= 11 is 5.89. The number of halogens is 1. The molecule has 0 radical (unpaired) electrons. The van der Waals surface area contributed by atoms with E-state index < -0.39 is 12.0 Å². The fourth-order valence-corrected chi connectivity index (χ4v) is 1.83. The van der Waals surface area contributed by atoms with E-state index in [1.165, 1.54) is 0 Å². The van der Waals surface area contributed by atoms with Gasteiger partial charge in [0.05, 0.1) is 10.7 Å².